The number of anilines is 1. The zero-order chi connectivity index (χ0) is 10.5. The van der Waals surface area contributed by atoms with Crippen molar-refractivity contribution < 1.29 is 0 Å². The van der Waals surface area contributed by atoms with Crippen molar-refractivity contribution in [2.24, 2.45) is 0 Å². The average molecular weight is 202 g/mol. The predicted octanol–water partition coefficient (Wildman–Crippen LogP) is 1.26. The van der Waals surface area contributed by atoms with Crippen LogP contribution in [0.4, 0.5) is 5.95 Å². The molecule has 0 unspecified atom stereocenters. The third-order valence-corrected chi connectivity index (χ3v) is 2.15. The molecule has 78 valence electrons. The van der Waals surface area contributed by atoms with Crippen LogP contribution in [0.15, 0.2) is 30.5 Å². The molecular weight excluding hydrogens is 188 g/mol. The van der Waals surface area contributed by atoms with E-state index in [-0.39, 0.29) is 0 Å². The number of fused-ring (bicyclic) bond motifs is 1. The quantitative estimate of drug-likeness (QED) is 0.733. The van der Waals surface area contributed by atoms with Gasteiger partial charge in [0, 0.05) is 24.7 Å². The molecular formula is C11H14N4. The van der Waals surface area contributed by atoms with Crippen molar-refractivity contribution in [3.63, 3.8) is 0 Å². The van der Waals surface area contributed by atoms with Crippen LogP contribution in [-0.4, -0.2) is 30.1 Å². The van der Waals surface area contributed by atoms with Crippen LogP contribution >= 0.6 is 0 Å². The number of likely N-dealkylation sites (N-methyl/N-ethyl adjacent to an activating group) is 1. The number of rotatable bonds is 4. The van der Waals surface area contributed by atoms with Crippen molar-refractivity contribution in [1.29, 1.82) is 0 Å². The number of nitrogens with one attached hydrogen (secondary N) is 2. The first-order chi connectivity index (χ1) is 7.40. The molecule has 0 fully saturated rings. The molecule has 0 saturated carbocycles. The van der Waals surface area contributed by atoms with Crippen LogP contribution in [-0.2, 0) is 0 Å². The van der Waals surface area contributed by atoms with E-state index in [0.29, 0.717) is 5.95 Å². The second kappa shape index (κ2) is 4.70. The van der Waals surface area contributed by atoms with Gasteiger partial charge in [-0.15, -0.1) is 0 Å². The molecule has 2 N–H and O–H groups in total. The molecule has 0 atom stereocenters. The van der Waals surface area contributed by atoms with Crippen LogP contribution in [0.3, 0.4) is 0 Å². The largest absolute Gasteiger partial charge is 0.353 e. The van der Waals surface area contributed by atoms with E-state index in [2.05, 4.69) is 20.6 Å². The predicted molar refractivity (Wildman–Crippen MR) is 62.0 cm³/mol. The van der Waals surface area contributed by atoms with Gasteiger partial charge in [0.05, 0.1) is 5.52 Å². The first-order valence-corrected chi connectivity index (χ1v) is 5.00. The highest BCUT2D eigenvalue weighted by Crippen LogP contribution is 2.11. The summed E-state index contributed by atoms with van der Waals surface area (Å²) in [6, 6.07) is 7.96. The van der Waals surface area contributed by atoms with E-state index in [1.165, 1.54) is 0 Å². The zero-order valence-corrected chi connectivity index (χ0v) is 8.70. The van der Waals surface area contributed by atoms with Gasteiger partial charge in [0.1, 0.15) is 0 Å². The first kappa shape index (κ1) is 9.86. The lowest BCUT2D eigenvalue weighted by atomic mass is 10.2. The van der Waals surface area contributed by atoms with Gasteiger partial charge in [0.2, 0.25) is 5.95 Å². The van der Waals surface area contributed by atoms with Gasteiger partial charge in [-0.2, -0.15) is 0 Å². The van der Waals surface area contributed by atoms with Crippen molar-refractivity contribution >= 4 is 16.9 Å². The molecule has 0 aliphatic rings. The summed E-state index contributed by atoms with van der Waals surface area (Å²) < 4.78 is 0. The Labute approximate surface area is 88.7 Å². The zero-order valence-electron chi connectivity index (χ0n) is 8.70. The Bertz CT molecular complexity index is 441. The highest BCUT2D eigenvalue weighted by atomic mass is 15.1. The Balaban J connectivity index is 2.16. The van der Waals surface area contributed by atoms with Gasteiger partial charge in [-0.25, -0.2) is 9.97 Å². The number of nitrogens with zero attached hydrogens (tertiary/aromatic N) is 2. The fraction of sp³-hybridized carbons (Fsp3) is 0.273. The van der Waals surface area contributed by atoms with Gasteiger partial charge >= 0.3 is 0 Å². The van der Waals surface area contributed by atoms with E-state index in [1.54, 1.807) is 0 Å². The molecule has 4 heteroatoms. The monoisotopic (exact) mass is 202 g/mol. The first-order valence-electron chi connectivity index (χ1n) is 5.00. The highest BCUT2D eigenvalue weighted by Gasteiger charge is 1.97. The standard InChI is InChI=1S/C11H14N4/c1-12-6-7-13-11-14-8-9-4-2-3-5-10(9)15-11/h2-5,8,12H,6-7H2,1H3,(H,13,14,15). The van der Waals surface area contributed by atoms with Crippen LogP contribution in [0.1, 0.15) is 0 Å². The molecule has 1 aromatic carbocycles. The van der Waals surface area contributed by atoms with E-state index in [4.69, 9.17) is 0 Å². The maximum atomic E-state index is 4.40. The molecule has 1 aromatic heterocycles. The van der Waals surface area contributed by atoms with Crippen LogP contribution in [0.25, 0.3) is 10.9 Å². The molecule has 2 aromatic rings. The lowest BCUT2D eigenvalue weighted by molar-refractivity contribution is 0.818. The van der Waals surface area contributed by atoms with Gasteiger partial charge in [-0.3, -0.25) is 0 Å². The maximum Gasteiger partial charge on any atom is 0.223 e. The fourth-order valence-corrected chi connectivity index (χ4v) is 1.36. The fourth-order valence-electron chi connectivity index (χ4n) is 1.36. The third-order valence-electron chi connectivity index (χ3n) is 2.15. The number of aromatic nitrogens is 2. The normalized spacial score (nSPS) is 10.5. The molecule has 0 saturated heterocycles. The molecule has 1 heterocycles. The number of hydrogen-bond donors (Lipinski definition) is 2. The van der Waals surface area contributed by atoms with E-state index in [0.717, 1.165) is 24.0 Å². The second-order valence-electron chi connectivity index (χ2n) is 3.28. The van der Waals surface area contributed by atoms with Crippen LogP contribution < -0.4 is 10.6 Å². The number of para-hydroxylation sites is 1. The van der Waals surface area contributed by atoms with Crippen LogP contribution in [0.2, 0.25) is 0 Å². The summed E-state index contributed by atoms with van der Waals surface area (Å²) in [6.07, 6.45) is 1.84. The van der Waals surface area contributed by atoms with Gasteiger partial charge in [-0.1, -0.05) is 18.2 Å². The summed E-state index contributed by atoms with van der Waals surface area (Å²) in [5.74, 6) is 0.684. The van der Waals surface area contributed by atoms with Crippen molar-refractivity contribution in [2.75, 3.05) is 25.5 Å². The number of benzene rings is 1. The van der Waals surface area contributed by atoms with E-state index >= 15 is 0 Å². The Morgan fingerprint density at radius 3 is 2.93 bits per heavy atom. The summed E-state index contributed by atoms with van der Waals surface area (Å²) >= 11 is 0. The lowest BCUT2D eigenvalue weighted by Crippen LogP contribution is -2.18. The van der Waals surface area contributed by atoms with Crippen molar-refractivity contribution in [1.82, 2.24) is 15.3 Å². The topological polar surface area (TPSA) is 49.8 Å². The molecule has 2 rings (SSSR count). The Kier molecular flexibility index (Phi) is 3.09. The molecule has 15 heavy (non-hydrogen) atoms. The molecule has 0 bridgehead atoms. The minimum Gasteiger partial charge on any atom is -0.353 e. The van der Waals surface area contributed by atoms with E-state index < -0.39 is 0 Å². The summed E-state index contributed by atoms with van der Waals surface area (Å²) in [5, 5.41) is 7.28. The molecule has 0 radical (unpaired) electrons. The second-order valence-corrected chi connectivity index (χ2v) is 3.28. The minimum atomic E-state index is 0.684. The minimum absolute atomic E-state index is 0.684. The Morgan fingerprint density at radius 1 is 1.20 bits per heavy atom. The van der Waals surface area contributed by atoms with Gasteiger partial charge in [0.25, 0.3) is 0 Å². The Morgan fingerprint density at radius 2 is 2.07 bits per heavy atom. The highest BCUT2D eigenvalue weighted by molar-refractivity contribution is 5.78. The van der Waals surface area contributed by atoms with E-state index in [1.807, 2.05) is 37.5 Å². The molecule has 0 aliphatic carbocycles. The van der Waals surface area contributed by atoms with Gasteiger partial charge in [-0.05, 0) is 13.1 Å². The summed E-state index contributed by atoms with van der Waals surface area (Å²) in [5.41, 5.74) is 0.972. The number of hydrogen-bond acceptors (Lipinski definition) is 4. The smallest absolute Gasteiger partial charge is 0.223 e. The summed E-state index contributed by atoms with van der Waals surface area (Å²) in [7, 11) is 1.92. The van der Waals surface area contributed by atoms with Gasteiger partial charge < -0.3 is 10.6 Å². The van der Waals surface area contributed by atoms with Crippen molar-refractivity contribution in [2.45, 2.75) is 0 Å². The lowest BCUT2D eigenvalue weighted by Gasteiger charge is -2.04. The maximum absolute atomic E-state index is 4.40. The molecule has 4 nitrogen and oxygen atoms in total. The molecule has 0 amide bonds. The van der Waals surface area contributed by atoms with Crippen molar-refractivity contribution in [3.8, 4) is 0 Å². The molecule has 0 spiro atoms. The Hall–Kier alpha value is -1.68. The molecule has 0 aliphatic heterocycles. The van der Waals surface area contributed by atoms with Crippen LogP contribution in [0.5, 0.6) is 0 Å². The van der Waals surface area contributed by atoms with E-state index in [9.17, 15) is 0 Å². The summed E-state index contributed by atoms with van der Waals surface area (Å²) in [4.78, 5) is 8.63. The van der Waals surface area contributed by atoms with Crippen molar-refractivity contribution in [3.05, 3.63) is 30.5 Å². The van der Waals surface area contributed by atoms with Gasteiger partial charge in [0.15, 0.2) is 0 Å². The average Bonchev–Trinajstić information content (AvgIpc) is 2.29. The SMILES string of the molecule is CNCCNc1ncc2ccccc2n1. The summed E-state index contributed by atoms with van der Waals surface area (Å²) in [6.45, 7) is 1.73. The van der Waals surface area contributed by atoms with Crippen LogP contribution in [0, 0.1) is 0 Å². The third kappa shape index (κ3) is 2.41.